The SMILES string of the molecule is [CH2-][SiH3].[I-].[Mg+2]. The molecular formula is CH5IMgSi. The van der Waals surface area contributed by atoms with Crippen LogP contribution in [-0.4, -0.2) is 33.3 Å². The fourth-order valence-corrected chi connectivity index (χ4v) is 0. The molecule has 0 saturated heterocycles. The predicted molar refractivity (Wildman–Crippen MR) is 21.0 cm³/mol. The Morgan fingerprint density at radius 3 is 1.25 bits per heavy atom. The fourth-order valence-electron chi connectivity index (χ4n) is 0. The minimum atomic E-state index is 0. The molecule has 0 aromatic heterocycles. The molecule has 4 heavy (non-hydrogen) atoms. The largest absolute Gasteiger partial charge is 2.00 e. The van der Waals surface area contributed by atoms with Crippen molar-refractivity contribution in [3.8, 4) is 0 Å². The van der Waals surface area contributed by atoms with Gasteiger partial charge in [-0.25, -0.2) is 0 Å². The summed E-state index contributed by atoms with van der Waals surface area (Å²) >= 11 is 0. The average Bonchev–Trinajstić information content (AvgIpc) is 1.00. The smallest absolute Gasteiger partial charge is 1.00 e. The molecular weight excluding hydrogens is 191 g/mol. The second kappa shape index (κ2) is 22.1. The van der Waals surface area contributed by atoms with Crippen molar-refractivity contribution in [1.82, 2.24) is 0 Å². The van der Waals surface area contributed by atoms with Gasteiger partial charge in [0.1, 0.15) is 0 Å². The summed E-state index contributed by atoms with van der Waals surface area (Å²) < 4.78 is 0. The first kappa shape index (κ1) is 17.2. The van der Waals surface area contributed by atoms with Crippen molar-refractivity contribution in [2.75, 3.05) is 0 Å². The summed E-state index contributed by atoms with van der Waals surface area (Å²) in [4.78, 5) is 0. The van der Waals surface area contributed by atoms with Crippen molar-refractivity contribution in [2.24, 2.45) is 0 Å². The van der Waals surface area contributed by atoms with Crippen LogP contribution in [0.4, 0.5) is 0 Å². The minimum absolute atomic E-state index is 0. The van der Waals surface area contributed by atoms with Crippen LogP contribution in [0, 0.1) is 6.55 Å². The van der Waals surface area contributed by atoms with Crippen molar-refractivity contribution >= 4 is 33.3 Å². The van der Waals surface area contributed by atoms with E-state index in [1.165, 1.54) is 0 Å². The van der Waals surface area contributed by atoms with Crippen LogP contribution in [0.3, 0.4) is 0 Å². The summed E-state index contributed by atoms with van der Waals surface area (Å²) in [5, 5.41) is 0. The van der Waals surface area contributed by atoms with Crippen LogP contribution in [0.2, 0.25) is 0 Å². The van der Waals surface area contributed by atoms with Crippen LogP contribution >= 0.6 is 0 Å². The van der Waals surface area contributed by atoms with E-state index in [0.29, 0.717) is 0 Å². The van der Waals surface area contributed by atoms with Crippen LogP contribution < -0.4 is 24.0 Å². The predicted octanol–water partition coefficient (Wildman–Crippen LogP) is -4.23. The Labute approximate surface area is 63.3 Å². The fraction of sp³-hybridized carbons (Fsp3) is 0. The van der Waals surface area contributed by atoms with E-state index in [2.05, 4.69) is 6.55 Å². The van der Waals surface area contributed by atoms with Gasteiger partial charge in [0.2, 0.25) is 0 Å². The van der Waals surface area contributed by atoms with Gasteiger partial charge < -0.3 is 30.5 Å². The molecule has 22 valence electrons. The van der Waals surface area contributed by atoms with E-state index in [1.807, 2.05) is 0 Å². The molecule has 0 aromatic rings. The Kier molecular flexibility index (Phi) is 95.4. The Morgan fingerprint density at radius 1 is 1.25 bits per heavy atom. The molecule has 0 fully saturated rings. The Morgan fingerprint density at radius 2 is 1.25 bits per heavy atom. The monoisotopic (exact) mass is 196 g/mol. The molecule has 0 bridgehead atoms. The molecule has 0 rings (SSSR count). The molecule has 0 aliphatic heterocycles. The molecule has 3 heteroatoms. The summed E-state index contributed by atoms with van der Waals surface area (Å²) in [5.41, 5.74) is 0. The zero-order chi connectivity index (χ0) is 2.00. The van der Waals surface area contributed by atoms with Gasteiger partial charge in [-0.05, 0) is 0 Å². The molecule has 0 radical (unpaired) electrons. The van der Waals surface area contributed by atoms with E-state index in [-0.39, 0.29) is 47.0 Å². The molecule has 0 N–H and O–H groups in total. The first-order valence-corrected chi connectivity index (χ1v) is 2.12. The van der Waals surface area contributed by atoms with Crippen molar-refractivity contribution in [3.05, 3.63) is 6.55 Å². The van der Waals surface area contributed by atoms with Gasteiger partial charge in [-0.15, -0.1) is 10.2 Å². The second-order valence-electron chi connectivity index (χ2n) is 0. The molecule has 0 nitrogen and oxygen atoms in total. The van der Waals surface area contributed by atoms with Gasteiger partial charge >= 0.3 is 23.1 Å². The van der Waals surface area contributed by atoms with E-state index < -0.39 is 0 Å². The summed E-state index contributed by atoms with van der Waals surface area (Å²) in [5.74, 6) is 0. The molecule has 0 atom stereocenters. The first-order valence-electron chi connectivity index (χ1n) is 0.707. The molecule has 0 heterocycles. The third-order valence-electron chi connectivity index (χ3n) is 0. The standard InChI is InChI=1S/CH5Si.HI.Mg/c1-2;;/h1H2,2H3;1H;/q-1;;+2/p-1. The number of halogens is 1. The summed E-state index contributed by atoms with van der Waals surface area (Å²) in [6, 6.07) is 0. The van der Waals surface area contributed by atoms with E-state index in [0.717, 1.165) is 10.2 Å². The van der Waals surface area contributed by atoms with Gasteiger partial charge in [0.15, 0.2) is 0 Å². The van der Waals surface area contributed by atoms with Crippen LogP contribution in [0.25, 0.3) is 0 Å². The maximum absolute atomic E-state index is 3.39. The van der Waals surface area contributed by atoms with Gasteiger partial charge in [0.25, 0.3) is 0 Å². The number of hydrogen-bond acceptors (Lipinski definition) is 0. The summed E-state index contributed by atoms with van der Waals surface area (Å²) in [6.45, 7) is 3.39. The number of hydrogen-bond donors (Lipinski definition) is 0. The number of rotatable bonds is 0. The first-order chi connectivity index (χ1) is 1.00. The Hall–Kier alpha value is 1.71. The second-order valence-corrected chi connectivity index (χ2v) is 0. The molecule has 0 spiro atoms. The summed E-state index contributed by atoms with van der Waals surface area (Å²) in [7, 11) is 1.06. The maximum Gasteiger partial charge on any atom is 2.00 e. The quantitative estimate of drug-likeness (QED) is 0.209. The third kappa shape index (κ3) is 9.31. The molecule has 0 saturated carbocycles. The maximum atomic E-state index is 3.39. The van der Waals surface area contributed by atoms with Crippen LogP contribution in [0.1, 0.15) is 0 Å². The van der Waals surface area contributed by atoms with Crippen molar-refractivity contribution < 1.29 is 24.0 Å². The third-order valence-corrected chi connectivity index (χ3v) is 0. The van der Waals surface area contributed by atoms with Gasteiger partial charge in [0, 0.05) is 0 Å². The molecule has 0 aliphatic rings. The molecule has 0 amide bonds. The van der Waals surface area contributed by atoms with Crippen LogP contribution in [-0.2, 0) is 0 Å². The molecule has 0 aromatic carbocycles. The minimum Gasteiger partial charge on any atom is -1.00 e. The van der Waals surface area contributed by atoms with Gasteiger partial charge in [-0.2, -0.15) is 0 Å². The molecule has 0 aliphatic carbocycles. The van der Waals surface area contributed by atoms with Gasteiger partial charge in [-0.1, -0.05) is 0 Å². The molecule has 0 unspecified atom stereocenters. The van der Waals surface area contributed by atoms with Gasteiger partial charge in [0.05, 0.1) is 0 Å². The van der Waals surface area contributed by atoms with E-state index in [9.17, 15) is 0 Å². The van der Waals surface area contributed by atoms with E-state index in [1.54, 1.807) is 0 Å². The van der Waals surface area contributed by atoms with Crippen molar-refractivity contribution in [1.29, 1.82) is 0 Å². The van der Waals surface area contributed by atoms with Crippen LogP contribution in [0.5, 0.6) is 0 Å². The van der Waals surface area contributed by atoms with Crippen LogP contribution in [0.15, 0.2) is 0 Å². The van der Waals surface area contributed by atoms with Gasteiger partial charge in [-0.3, -0.25) is 0 Å². The van der Waals surface area contributed by atoms with Crippen molar-refractivity contribution in [2.45, 2.75) is 0 Å². The summed E-state index contributed by atoms with van der Waals surface area (Å²) in [6.07, 6.45) is 0. The van der Waals surface area contributed by atoms with E-state index >= 15 is 0 Å². The van der Waals surface area contributed by atoms with Crippen molar-refractivity contribution in [3.63, 3.8) is 0 Å². The zero-order valence-corrected chi connectivity index (χ0v) is 8.36. The average molecular weight is 196 g/mol. The topological polar surface area (TPSA) is 0 Å². The Balaban J connectivity index is -0.00000000500. The van der Waals surface area contributed by atoms with E-state index in [4.69, 9.17) is 0 Å². The Bertz CT molecular complexity index is 8.00. The normalized spacial score (nSPS) is 2.25. The zero-order valence-electron chi connectivity index (χ0n) is 2.79.